The summed E-state index contributed by atoms with van der Waals surface area (Å²) in [5, 5.41) is 16.4. The molecule has 160 valence electrons. The SMILES string of the molecule is COC(=O)CNC(=O)C(C#N)C(=O)c1nn(-c2ccccc2)c2c1CSc1ccccc1-2. The maximum absolute atomic E-state index is 13.3. The van der Waals surface area contributed by atoms with Crippen LogP contribution in [0, 0.1) is 17.2 Å². The van der Waals surface area contributed by atoms with Crippen LogP contribution in [0.3, 0.4) is 0 Å². The molecular weight excluding hydrogens is 428 g/mol. The van der Waals surface area contributed by atoms with E-state index in [1.165, 1.54) is 7.11 Å². The Labute approximate surface area is 188 Å². The van der Waals surface area contributed by atoms with Crippen molar-refractivity contribution in [1.29, 1.82) is 5.26 Å². The predicted molar refractivity (Wildman–Crippen MR) is 117 cm³/mol. The fourth-order valence-electron chi connectivity index (χ4n) is 3.46. The first-order chi connectivity index (χ1) is 15.5. The zero-order chi connectivity index (χ0) is 22.7. The molecular formula is C23H18N4O4S. The molecule has 1 aromatic heterocycles. The third-order valence-corrected chi connectivity index (χ3v) is 6.12. The second-order valence-corrected chi connectivity index (χ2v) is 7.95. The van der Waals surface area contributed by atoms with Gasteiger partial charge in [-0.3, -0.25) is 14.4 Å². The van der Waals surface area contributed by atoms with Gasteiger partial charge in [-0.1, -0.05) is 36.4 Å². The van der Waals surface area contributed by atoms with Gasteiger partial charge in [0, 0.05) is 21.8 Å². The summed E-state index contributed by atoms with van der Waals surface area (Å²) in [6.45, 7) is -0.430. The zero-order valence-corrected chi connectivity index (χ0v) is 17.9. The van der Waals surface area contributed by atoms with Gasteiger partial charge in [0.25, 0.3) is 0 Å². The molecule has 1 aliphatic heterocycles. The number of esters is 1. The lowest BCUT2D eigenvalue weighted by Gasteiger charge is -2.18. The molecule has 4 rings (SSSR count). The number of hydrogen-bond donors (Lipinski definition) is 1. The van der Waals surface area contributed by atoms with Crippen LogP contribution in [0.1, 0.15) is 16.1 Å². The normalized spacial score (nSPS) is 12.6. The van der Waals surface area contributed by atoms with Crippen LogP contribution in [0.5, 0.6) is 0 Å². The molecule has 0 spiro atoms. The standard InChI is InChI=1S/C23H18N4O4S/c1-31-19(28)12-25-23(30)16(11-24)22(29)20-17-13-32-18-10-6-5-9-15(18)21(17)27(26-20)14-7-3-2-4-8-14/h2-10,16H,12-13H2,1H3,(H,25,30). The van der Waals surface area contributed by atoms with Crippen LogP contribution in [0.25, 0.3) is 16.9 Å². The number of methoxy groups -OCH3 is 1. The Morgan fingerprint density at radius 3 is 2.62 bits per heavy atom. The van der Waals surface area contributed by atoms with Gasteiger partial charge >= 0.3 is 5.97 Å². The molecule has 0 fully saturated rings. The number of rotatable bonds is 6. The number of nitriles is 1. The maximum atomic E-state index is 13.3. The summed E-state index contributed by atoms with van der Waals surface area (Å²) >= 11 is 1.57. The van der Waals surface area contributed by atoms with Crippen molar-refractivity contribution in [2.24, 2.45) is 5.92 Å². The van der Waals surface area contributed by atoms with E-state index in [9.17, 15) is 19.6 Å². The molecule has 0 aliphatic carbocycles. The predicted octanol–water partition coefficient (Wildman–Crippen LogP) is 2.76. The zero-order valence-electron chi connectivity index (χ0n) is 17.1. The fourth-order valence-corrected chi connectivity index (χ4v) is 4.53. The lowest BCUT2D eigenvalue weighted by atomic mass is 9.97. The summed E-state index contributed by atoms with van der Waals surface area (Å²) in [6.07, 6.45) is 0. The molecule has 32 heavy (non-hydrogen) atoms. The molecule has 0 bridgehead atoms. The summed E-state index contributed by atoms with van der Waals surface area (Å²) in [4.78, 5) is 38.1. The quantitative estimate of drug-likeness (QED) is 0.352. The van der Waals surface area contributed by atoms with Crippen LogP contribution in [-0.2, 0) is 20.1 Å². The highest BCUT2D eigenvalue weighted by Gasteiger charge is 2.35. The second kappa shape index (κ2) is 9.08. The second-order valence-electron chi connectivity index (χ2n) is 6.93. The Balaban J connectivity index is 1.78. The number of aromatic nitrogens is 2. The van der Waals surface area contributed by atoms with Gasteiger partial charge in [-0.15, -0.1) is 11.8 Å². The van der Waals surface area contributed by atoms with Gasteiger partial charge in [0.05, 0.1) is 24.6 Å². The lowest BCUT2D eigenvalue weighted by molar-refractivity contribution is -0.141. The molecule has 2 heterocycles. The van der Waals surface area contributed by atoms with Crippen molar-refractivity contribution in [3.63, 3.8) is 0 Å². The van der Waals surface area contributed by atoms with Gasteiger partial charge in [0.2, 0.25) is 11.7 Å². The molecule has 9 heteroatoms. The number of benzene rings is 2. The van der Waals surface area contributed by atoms with E-state index in [4.69, 9.17) is 0 Å². The van der Waals surface area contributed by atoms with Gasteiger partial charge in [0.1, 0.15) is 12.2 Å². The monoisotopic (exact) mass is 446 g/mol. The summed E-state index contributed by atoms with van der Waals surface area (Å²) in [5.74, 6) is -3.41. The Kier molecular flexibility index (Phi) is 6.05. The van der Waals surface area contributed by atoms with Crippen LogP contribution in [0.15, 0.2) is 59.5 Å². The number of nitrogens with zero attached hydrogens (tertiary/aromatic N) is 3. The van der Waals surface area contributed by atoms with E-state index in [0.717, 1.165) is 21.8 Å². The number of para-hydroxylation sites is 1. The van der Waals surface area contributed by atoms with Crippen LogP contribution < -0.4 is 5.32 Å². The number of ether oxygens (including phenoxy) is 1. The average molecular weight is 446 g/mol. The van der Waals surface area contributed by atoms with Gasteiger partial charge in [-0.2, -0.15) is 10.4 Å². The number of amides is 1. The molecule has 1 amide bonds. The van der Waals surface area contributed by atoms with Gasteiger partial charge in [-0.25, -0.2) is 4.68 Å². The van der Waals surface area contributed by atoms with Gasteiger partial charge in [-0.05, 0) is 18.2 Å². The van der Waals surface area contributed by atoms with E-state index < -0.39 is 30.1 Å². The minimum absolute atomic E-state index is 0.0747. The van der Waals surface area contributed by atoms with E-state index in [-0.39, 0.29) is 5.69 Å². The number of ketones is 1. The number of carbonyl (C=O) groups is 3. The van der Waals surface area contributed by atoms with Gasteiger partial charge in [0.15, 0.2) is 5.92 Å². The summed E-state index contributed by atoms with van der Waals surface area (Å²) in [5.41, 5.74) is 3.20. The van der Waals surface area contributed by atoms with Crippen molar-refractivity contribution in [2.75, 3.05) is 13.7 Å². The van der Waals surface area contributed by atoms with Crippen molar-refractivity contribution in [3.05, 3.63) is 65.9 Å². The van der Waals surface area contributed by atoms with E-state index in [0.29, 0.717) is 11.3 Å². The van der Waals surface area contributed by atoms with Crippen molar-refractivity contribution in [2.45, 2.75) is 10.6 Å². The highest BCUT2D eigenvalue weighted by molar-refractivity contribution is 7.98. The molecule has 1 unspecified atom stereocenters. The van der Waals surface area contributed by atoms with Crippen LogP contribution in [0.4, 0.5) is 0 Å². The van der Waals surface area contributed by atoms with E-state index in [1.807, 2.05) is 54.6 Å². The Morgan fingerprint density at radius 2 is 1.91 bits per heavy atom. The Bertz CT molecular complexity index is 1250. The summed E-state index contributed by atoms with van der Waals surface area (Å²) in [7, 11) is 1.18. The lowest BCUT2D eigenvalue weighted by Crippen LogP contribution is -2.38. The first-order valence-corrected chi connectivity index (χ1v) is 10.7. The smallest absolute Gasteiger partial charge is 0.325 e. The van der Waals surface area contributed by atoms with Crippen molar-refractivity contribution < 1.29 is 19.1 Å². The summed E-state index contributed by atoms with van der Waals surface area (Å²) < 4.78 is 6.16. The fraction of sp³-hybridized carbons (Fsp3) is 0.174. The number of Topliss-reactive ketones (excluding diaryl/α,β-unsaturated/α-hetero) is 1. The van der Waals surface area contributed by atoms with Crippen molar-refractivity contribution >= 4 is 29.4 Å². The molecule has 1 atom stereocenters. The highest BCUT2D eigenvalue weighted by atomic mass is 32.2. The van der Waals surface area contributed by atoms with Crippen LogP contribution in [-0.4, -0.2) is 41.1 Å². The molecule has 2 aromatic carbocycles. The number of fused-ring (bicyclic) bond motifs is 3. The average Bonchev–Trinajstić information content (AvgIpc) is 3.23. The van der Waals surface area contributed by atoms with Crippen molar-refractivity contribution in [1.82, 2.24) is 15.1 Å². The highest BCUT2D eigenvalue weighted by Crippen LogP contribution is 2.43. The molecule has 0 saturated carbocycles. The van der Waals surface area contributed by atoms with Gasteiger partial charge < -0.3 is 10.1 Å². The first kappa shape index (κ1) is 21.3. The van der Waals surface area contributed by atoms with Crippen molar-refractivity contribution in [3.8, 4) is 23.0 Å². The number of carbonyl (C=O) groups excluding carboxylic acids is 3. The third kappa shape index (κ3) is 3.88. The Morgan fingerprint density at radius 1 is 1.19 bits per heavy atom. The first-order valence-electron chi connectivity index (χ1n) is 9.73. The van der Waals surface area contributed by atoms with E-state index in [2.05, 4.69) is 15.2 Å². The third-order valence-electron chi connectivity index (χ3n) is 5.02. The van der Waals surface area contributed by atoms with E-state index in [1.54, 1.807) is 22.5 Å². The number of thioether (sulfide) groups is 1. The number of hydrogen-bond acceptors (Lipinski definition) is 7. The minimum Gasteiger partial charge on any atom is -0.468 e. The topological polar surface area (TPSA) is 114 Å². The molecule has 1 aliphatic rings. The summed E-state index contributed by atoms with van der Waals surface area (Å²) in [6, 6.07) is 18.9. The maximum Gasteiger partial charge on any atom is 0.325 e. The Hall–Kier alpha value is -3.90. The number of nitrogens with one attached hydrogen (secondary N) is 1. The molecule has 0 saturated heterocycles. The minimum atomic E-state index is -1.63. The van der Waals surface area contributed by atoms with E-state index >= 15 is 0 Å². The van der Waals surface area contributed by atoms with Crippen LogP contribution >= 0.6 is 11.8 Å². The molecule has 0 radical (unpaired) electrons. The molecule has 3 aromatic rings. The largest absolute Gasteiger partial charge is 0.468 e. The molecule has 8 nitrogen and oxygen atoms in total. The van der Waals surface area contributed by atoms with Crippen LogP contribution in [0.2, 0.25) is 0 Å². The molecule has 1 N–H and O–H groups in total.